The summed E-state index contributed by atoms with van der Waals surface area (Å²) in [4.78, 5) is 2.49. The lowest BCUT2D eigenvalue weighted by Crippen LogP contribution is -2.51. The number of anilines is 1. The Labute approximate surface area is 116 Å². The van der Waals surface area contributed by atoms with Gasteiger partial charge in [0.15, 0.2) is 0 Å². The molecule has 0 radical (unpaired) electrons. The van der Waals surface area contributed by atoms with Crippen molar-refractivity contribution in [2.75, 3.05) is 31.6 Å². The lowest BCUT2D eigenvalue weighted by Gasteiger charge is -2.42. The number of benzene rings is 1. The first kappa shape index (κ1) is 14.4. The fourth-order valence-corrected chi connectivity index (χ4v) is 2.84. The van der Waals surface area contributed by atoms with Gasteiger partial charge in [0.1, 0.15) is 0 Å². The Balaban J connectivity index is 2.02. The van der Waals surface area contributed by atoms with E-state index >= 15 is 0 Å². The first-order valence-corrected chi connectivity index (χ1v) is 7.36. The Morgan fingerprint density at radius 3 is 2.53 bits per heavy atom. The van der Waals surface area contributed by atoms with Crippen LogP contribution >= 0.6 is 0 Å². The third-order valence-electron chi connectivity index (χ3n) is 4.20. The van der Waals surface area contributed by atoms with Crippen LogP contribution < -0.4 is 5.32 Å². The first-order chi connectivity index (χ1) is 9.19. The van der Waals surface area contributed by atoms with E-state index in [1.165, 1.54) is 18.5 Å². The van der Waals surface area contributed by atoms with E-state index in [1.54, 1.807) is 0 Å². The van der Waals surface area contributed by atoms with Gasteiger partial charge in [-0.15, -0.1) is 0 Å². The Morgan fingerprint density at radius 2 is 1.95 bits per heavy atom. The molecule has 3 heteroatoms. The van der Waals surface area contributed by atoms with Crippen molar-refractivity contribution in [3.63, 3.8) is 0 Å². The molecule has 3 nitrogen and oxygen atoms in total. The second-order valence-electron chi connectivity index (χ2n) is 5.72. The Hall–Kier alpha value is -1.06. The first-order valence-electron chi connectivity index (χ1n) is 7.36. The molecule has 0 unspecified atom stereocenters. The van der Waals surface area contributed by atoms with Crippen molar-refractivity contribution in [3.05, 3.63) is 29.8 Å². The quantitative estimate of drug-likeness (QED) is 0.856. The van der Waals surface area contributed by atoms with Gasteiger partial charge in [0, 0.05) is 18.8 Å². The normalized spacial score (nSPS) is 19.3. The Kier molecular flexibility index (Phi) is 4.83. The minimum Gasteiger partial charge on any atom is -0.394 e. The summed E-state index contributed by atoms with van der Waals surface area (Å²) in [6, 6.07) is 8.31. The zero-order valence-corrected chi connectivity index (χ0v) is 12.2. The summed E-state index contributed by atoms with van der Waals surface area (Å²) < 4.78 is 0. The average Bonchev–Trinajstić information content (AvgIpc) is 2.44. The third-order valence-corrected chi connectivity index (χ3v) is 4.20. The topological polar surface area (TPSA) is 35.5 Å². The van der Waals surface area contributed by atoms with E-state index < -0.39 is 0 Å². The molecule has 1 aliphatic rings. The number of hydrogen-bond acceptors (Lipinski definition) is 3. The van der Waals surface area contributed by atoms with Gasteiger partial charge in [0.25, 0.3) is 0 Å². The highest BCUT2D eigenvalue weighted by atomic mass is 16.3. The molecule has 2 N–H and O–H groups in total. The smallest absolute Gasteiger partial charge is 0.0662 e. The fourth-order valence-electron chi connectivity index (χ4n) is 2.84. The van der Waals surface area contributed by atoms with Crippen molar-refractivity contribution >= 4 is 5.69 Å². The van der Waals surface area contributed by atoms with Crippen molar-refractivity contribution < 1.29 is 5.11 Å². The summed E-state index contributed by atoms with van der Waals surface area (Å²) in [6.07, 6.45) is 3.23. The predicted molar refractivity (Wildman–Crippen MR) is 80.6 cm³/mol. The van der Waals surface area contributed by atoms with E-state index in [9.17, 15) is 5.11 Å². The molecule has 1 aromatic rings. The van der Waals surface area contributed by atoms with E-state index in [1.807, 2.05) is 6.07 Å². The number of likely N-dealkylation sites (tertiary alicyclic amines) is 1. The molecule has 1 fully saturated rings. The maximum absolute atomic E-state index is 9.83. The number of nitrogens with zero attached hydrogens (tertiary/aromatic N) is 1. The van der Waals surface area contributed by atoms with E-state index in [-0.39, 0.29) is 12.1 Å². The molecular weight excluding hydrogens is 236 g/mol. The highest BCUT2D eigenvalue weighted by molar-refractivity contribution is 5.52. The van der Waals surface area contributed by atoms with Crippen LogP contribution in [0.1, 0.15) is 31.7 Å². The van der Waals surface area contributed by atoms with Crippen LogP contribution in [0.25, 0.3) is 0 Å². The van der Waals surface area contributed by atoms with Crippen LogP contribution in [0, 0.1) is 6.92 Å². The summed E-state index contributed by atoms with van der Waals surface area (Å²) in [5, 5.41) is 13.4. The van der Waals surface area contributed by atoms with Crippen LogP contribution in [-0.4, -0.2) is 41.8 Å². The van der Waals surface area contributed by atoms with Gasteiger partial charge in [-0.1, -0.05) is 25.1 Å². The minimum atomic E-state index is -0.143. The Bertz CT molecular complexity index is 397. The lowest BCUT2D eigenvalue weighted by molar-refractivity contribution is 0.119. The molecule has 0 spiro atoms. The molecule has 1 aliphatic heterocycles. The Morgan fingerprint density at radius 1 is 1.26 bits per heavy atom. The van der Waals surface area contributed by atoms with Crippen molar-refractivity contribution in [2.24, 2.45) is 0 Å². The number of aryl methyl sites for hydroxylation is 1. The van der Waals surface area contributed by atoms with E-state index in [2.05, 4.69) is 42.3 Å². The second-order valence-corrected chi connectivity index (χ2v) is 5.72. The fraction of sp³-hybridized carbons (Fsp3) is 0.625. The molecule has 1 aromatic carbocycles. The van der Waals surface area contributed by atoms with Crippen LogP contribution in [0.5, 0.6) is 0 Å². The number of aliphatic hydroxyl groups excluding tert-OH is 1. The lowest BCUT2D eigenvalue weighted by atomic mass is 9.87. The van der Waals surface area contributed by atoms with Crippen molar-refractivity contribution in [1.29, 1.82) is 0 Å². The molecule has 0 aliphatic carbocycles. The van der Waals surface area contributed by atoms with Crippen LogP contribution in [0.3, 0.4) is 0 Å². The molecule has 1 saturated heterocycles. The average molecular weight is 262 g/mol. The standard InChI is InChI=1S/C16H26N2O/c1-3-10-18-11-8-16(13-19,9-12-18)17-15-7-5-4-6-14(15)2/h4-7,17,19H,3,8-13H2,1-2H3. The monoisotopic (exact) mass is 262 g/mol. The zero-order valence-electron chi connectivity index (χ0n) is 12.2. The minimum absolute atomic E-state index is 0.143. The molecule has 0 amide bonds. The van der Waals surface area contributed by atoms with Gasteiger partial charge in [-0.2, -0.15) is 0 Å². The molecule has 1 heterocycles. The van der Waals surface area contributed by atoms with Gasteiger partial charge >= 0.3 is 0 Å². The van der Waals surface area contributed by atoms with Gasteiger partial charge in [0.05, 0.1) is 12.1 Å². The number of rotatable bonds is 5. The molecule has 2 rings (SSSR count). The predicted octanol–water partition coefficient (Wildman–Crippen LogP) is 2.64. The van der Waals surface area contributed by atoms with E-state index in [0.717, 1.165) is 31.6 Å². The molecule has 0 saturated carbocycles. The highest BCUT2D eigenvalue weighted by Crippen LogP contribution is 2.28. The van der Waals surface area contributed by atoms with E-state index in [0.29, 0.717) is 0 Å². The molecule has 106 valence electrons. The highest BCUT2D eigenvalue weighted by Gasteiger charge is 2.33. The summed E-state index contributed by atoms with van der Waals surface area (Å²) in [5.74, 6) is 0. The zero-order chi connectivity index (χ0) is 13.7. The van der Waals surface area contributed by atoms with Gasteiger partial charge < -0.3 is 15.3 Å². The third kappa shape index (κ3) is 3.48. The summed E-state index contributed by atoms with van der Waals surface area (Å²) >= 11 is 0. The van der Waals surface area contributed by atoms with Crippen molar-refractivity contribution in [1.82, 2.24) is 4.90 Å². The van der Waals surface area contributed by atoms with Gasteiger partial charge in [-0.25, -0.2) is 0 Å². The number of hydrogen-bond donors (Lipinski definition) is 2. The number of piperidine rings is 1. The van der Waals surface area contributed by atoms with Crippen molar-refractivity contribution in [3.8, 4) is 0 Å². The van der Waals surface area contributed by atoms with Crippen LogP contribution in [0.2, 0.25) is 0 Å². The summed E-state index contributed by atoms with van der Waals surface area (Å²) in [7, 11) is 0. The summed E-state index contributed by atoms with van der Waals surface area (Å²) in [5.41, 5.74) is 2.25. The largest absolute Gasteiger partial charge is 0.394 e. The maximum atomic E-state index is 9.83. The van der Waals surface area contributed by atoms with Crippen molar-refractivity contribution in [2.45, 2.75) is 38.6 Å². The SMILES string of the molecule is CCCN1CCC(CO)(Nc2ccccc2C)CC1. The van der Waals surface area contributed by atoms with E-state index in [4.69, 9.17) is 0 Å². The van der Waals surface area contributed by atoms with Crippen LogP contribution in [-0.2, 0) is 0 Å². The summed E-state index contributed by atoms with van der Waals surface area (Å²) in [6.45, 7) is 7.87. The van der Waals surface area contributed by atoms with Gasteiger partial charge in [0.2, 0.25) is 0 Å². The molecule has 0 bridgehead atoms. The number of para-hydroxylation sites is 1. The molecule has 0 atom stereocenters. The number of nitrogens with one attached hydrogen (secondary N) is 1. The maximum Gasteiger partial charge on any atom is 0.0662 e. The van der Waals surface area contributed by atoms with Crippen LogP contribution in [0.4, 0.5) is 5.69 Å². The second kappa shape index (κ2) is 6.40. The van der Waals surface area contributed by atoms with Crippen LogP contribution in [0.15, 0.2) is 24.3 Å². The van der Waals surface area contributed by atoms with Gasteiger partial charge in [-0.05, 0) is 44.4 Å². The molecular formula is C16H26N2O. The molecule has 0 aromatic heterocycles. The van der Waals surface area contributed by atoms with Gasteiger partial charge in [-0.3, -0.25) is 0 Å². The number of aliphatic hydroxyl groups is 1. The molecule has 19 heavy (non-hydrogen) atoms.